The fourth-order valence-electron chi connectivity index (χ4n) is 3.62. The molecular weight excluding hydrogens is 590 g/mol. The average Bonchev–Trinajstić information content (AvgIpc) is 3.49. The standard InChI is InChI=1S/2C7H5F3OS.2C5H5.Zr/c2*8-7(9,10)12-6-3-1-5(11)2-4-6;2*1-2-4-5-3-1;/h2*1-4,11H;2*1-3H,4H2;/q;;;;+2/p-2. The Bertz CT molecular complexity index is 1070. The third kappa shape index (κ3) is 7.11. The van der Waals surface area contributed by atoms with E-state index in [-0.39, 0.29) is 33.3 Å². The van der Waals surface area contributed by atoms with Crippen molar-refractivity contribution in [2.75, 3.05) is 0 Å². The van der Waals surface area contributed by atoms with E-state index in [2.05, 4.69) is 0 Å². The number of hydrogen-bond donors (Lipinski definition) is 0. The molecule has 0 bridgehead atoms. The van der Waals surface area contributed by atoms with Gasteiger partial charge in [-0.05, 0) is 0 Å². The van der Waals surface area contributed by atoms with Crippen molar-refractivity contribution in [1.29, 1.82) is 0 Å². The zero-order valence-electron chi connectivity index (χ0n) is 17.9. The molecule has 2 aliphatic carbocycles. The number of thioether (sulfide) groups is 2. The van der Waals surface area contributed by atoms with Crippen molar-refractivity contribution in [2.24, 2.45) is 0 Å². The summed E-state index contributed by atoms with van der Waals surface area (Å²) in [7, 11) is 0. The van der Waals surface area contributed by atoms with E-state index in [1.54, 1.807) is 0 Å². The van der Waals surface area contributed by atoms with Gasteiger partial charge >= 0.3 is 213 Å². The monoisotopic (exact) mass is 606 g/mol. The van der Waals surface area contributed by atoms with Crippen LogP contribution in [0.25, 0.3) is 0 Å². The van der Waals surface area contributed by atoms with Crippen LogP contribution in [0.15, 0.2) is 101 Å². The first kappa shape index (κ1) is 26.2. The molecule has 11 heteroatoms. The van der Waals surface area contributed by atoms with Crippen LogP contribution in [0, 0.1) is 0 Å². The predicted molar refractivity (Wildman–Crippen MR) is 122 cm³/mol. The minimum absolute atomic E-state index is 0.0350. The first-order chi connectivity index (χ1) is 16.5. The fourth-order valence-corrected chi connectivity index (χ4v) is 12.9. The summed E-state index contributed by atoms with van der Waals surface area (Å²) in [6.07, 6.45) is 12.8. The topological polar surface area (TPSA) is 18.5 Å². The molecule has 2 aromatic carbocycles. The van der Waals surface area contributed by atoms with E-state index in [1.165, 1.54) is 48.5 Å². The van der Waals surface area contributed by atoms with Crippen molar-refractivity contribution in [3.05, 3.63) is 91.5 Å². The molecule has 0 radical (unpaired) electrons. The van der Waals surface area contributed by atoms with E-state index in [0.717, 1.165) is 6.56 Å². The van der Waals surface area contributed by atoms with Crippen molar-refractivity contribution >= 4 is 23.5 Å². The second-order valence-electron chi connectivity index (χ2n) is 7.51. The van der Waals surface area contributed by atoms with Crippen LogP contribution in [0.3, 0.4) is 0 Å². The van der Waals surface area contributed by atoms with Gasteiger partial charge in [0.25, 0.3) is 0 Å². The number of halogens is 6. The molecule has 2 nitrogen and oxygen atoms in total. The van der Waals surface area contributed by atoms with Crippen LogP contribution in [0.2, 0.25) is 0 Å². The molecule has 2 aromatic rings. The summed E-state index contributed by atoms with van der Waals surface area (Å²) in [6.45, 7) is 0. The molecule has 0 atom stereocenters. The molecule has 35 heavy (non-hydrogen) atoms. The number of alkyl halides is 6. The van der Waals surface area contributed by atoms with E-state index >= 15 is 0 Å². The zero-order valence-corrected chi connectivity index (χ0v) is 22.0. The quantitative estimate of drug-likeness (QED) is 0.220. The molecule has 4 rings (SSSR count). The Morgan fingerprint density at radius 3 is 1.26 bits per heavy atom. The molecule has 0 unspecified atom stereocenters. The van der Waals surface area contributed by atoms with Crippen LogP contribution < -0.4 is 5.63 Å². The fraction of sp³-hybridized carbons (Fsp3) is 0.167. The van der Waals surface area contributed by atoms with E-state index in [1.807, 2.05) is 36.5 Å². The van der Waals surface area contributed by atoms with Crippen molar-refractivity contribution < 1.29 is 53.1 Å². The van der Waals surface area contributed by atoms with Crippen molar-refractivity contribution in [3.8, 4) is 11.5 Å². The summed E-state index contributed by atoms with van der Waals surface area (Å²) in [5, 5.41) is 0. The Hall–Kier alpha value is -1.84. The molecule has 0 aromatic heterocycles. The Kier molecular flexibility index (Phi) is 7.98. The number of benzene rings is 2. The second kappa shape index (κ2) is 10.6. The van der Waals surface area contributed by atoms with Gasteiger partial charge in [0.15, 0.2) is 0 Å². The Morgan fingerprint density at radius 1 is 0.600 bits per heavy atom. The summed E-state index contributed by atoms with van der Waals surface area (Å²) in [5.74, 6) is 0.745. The molecule has 0 saturated carbocycles. The Morgan fingerprint density at radius 2 is 0.971 bits per heavy atom. The van der Waals surface area contributed by atoms with Crippen molar-refractivity contribution in [3.63, 3.8) is 0 Å². The summed E-state index contributed by atoms with van der Waals surface area (Å²) in [6, 6.07) is 11.3. The van der Waals surface area contributed by atoms with Gasteiger partial charge in [0.2, 0.25) is 0 Å². The maximum absolute atomic E-state index is 12.7. The molecule has 184 valence electrons. The van der Waals surface area contributed by atoms with Crippen LogP contribution >= 0.6 is 23.5 Å². The van der Waals surface area contributed by atoms with Crippen molar-refractivity contribution in [2.45, 2.75) is 33.6 Å². The molecule has 0 aliphatic heterocycles. The molecule has 2 aliphatic rings. The summed E-state index contributed by atoms with van der Waals surface area (Å²) in [4.78, 5) is 0.0700. The van der Waals surface area contributed by atoms with Gasteiger partial charge in [-0.15, -0.1) is 0 Å². The van der Waals surface area contributed by atoms with Crippen molar-refractivity contribution in [1.82, 2.24) is 0 Å². The van der Waals surface area contributed by atoms with Gasteiger partial charge < -0.3 is 0 Å². The van der Waals surface area contributed by atoms with E-state index in [9.17, 15) is 26.3 Å². The Labute approximate surface area is 212 Å². The average molecular weight is 608 g/mol. The van der Waals surface area contributed by atoms with E-state index in [4.69, 9.17) is 5.63 Å². The summed E-state index contributed by atoms with van der Waals surface area (Å²) >= 11 is -4.82. The van der Waals surface area contributed by atoms with Gasteiger partial charge in [0.1, 0.15) is 0 Å². The molecule has 0 spiro atoms. The van der Waals surface area contributed by atoms with Crippen LogP contribution in [0.4, 0.5) is 26.3 Å². The van der Waals surface area contributed by atoms with Gasteiger partial charge in [0, 0.05) is 0 Å². The normalized spacial score (nSPS) is 15.8. The maximum atomic E-state index is 12.7. The second-order valence-corrected chi connectivity index (χ2v) is 17.0. The van der Waals surface area contributed by atoms with Gasteiger partial charge in [-0.2, -0.15) is 0 Å². The van der Waals surface area contributed by atoms with Crippen LogP contribution in [0.5, 0.6) is 11.5 Å². The van der Waals surface area contributed by atoms with Crippen LogP contribution in [-0.2, 0) is 21.1 Å². The van der Waals surface area contributed by atoms with Crippen LogP contribution in [0.1, 0.15) is 12.8 Å². The SMILES string of the molecule is FC(F)(F)Sc1ccc([O][Zr]([O]c2ccc(SC(F)(F)F)cc2)([C]2=CC=CC2)[C]2=CC=CC2)cc1. The third-order valence-corrected chi connectivity index (χ3v) is 15.1. The summed E-state index contributed by atoms with van der Waals surface area (Å²) in [5.41, 5.74) is -8.79. The van der Waals surface area contributed by atoms with E-state index < -0.39 is 32.2 Å². The molecular formula is C24H18F6O2S2Zr. The molecule has 0 saturated heterocycles. The van der Waals surface area contributed by atoms with Gasteiger partial charge in [-0.1, -0.05) is 0 Å². The predicted octanol–water partition coefficient (Wildman–Crippen LogP) is 9.04. The zero-order chi connectivity index (χ0) is 25.1. The van der Waals surface area contributed by atoms with Gasteiger partial charge in [0.05, 0.1) is 0 Å². The molecule has 0 heterocycles. The third-order valence-electron chi connectivity index (χ3n) is 5.03. The Balaban J connectivity index is 1.66. The molecule has 0 fully saturated rings. The number of allylic oxidation sites excluding steroid dienone is 8. The van der Waals surface area contributed by atoms with Crippen LogP contribution in [-0.4, -0.2) is 11.0 Å². The molecule has 0 N–H and O–H groups in total. The first-order valence-corrected chi connectivity index (χ1v) is 16.4. The van der Waals surface area contributed by atoms with Gasteiger partial charge in [-0.25, -0.2) is 0 Å². The first-order valence-electron chi connectivity index (χ1n) is 10.3. The summed E-state index contributed by atoms with van der Waals surface area (Å²) < 4.78 is 91.3. The van der Waals surface area contributed by atoms with E-state index in [0.29, 0.717) is 24.3 Å². The number of hydrogen-bond acceptors (Lipinski definition) is 4. The van der Waals surface area contributed by atoms with Gasteiger partial charge in [-0.3, -0.25) is 0 Å². The molecule has 0 amide bonds. The number of rotatable bonds is 8. The minimum atomic E-state index is -4.40.